The van der Waals surface area contributed by atoms with Crippen LogP contribution in [0.15, 0.2) is 5.11 Å². The van der Waals surface area contributed by atoms with Crippen molar-refractivity contribution in [1.82, 2.24) is 0 Å². The van der Waals surface area contributed by atoms with Crippen LogP contribution in [0.25, 0.3) is 10.4 Å². The van der Waals surface area contributed by atoms with Crippen LogP contribution < -0.4 is 0 Å². The molecule has 0 amide bonds. The highest BCUT2D eigenvalue weighted by Crippen LogP contribution is 2.29. The topological polar surface area (TPSA) is 101 Å². The number of carbonyl (C=O) groups is 2. The van der Waals surface area contributed by atoms with Crippen molar-refractivity contribution in [3.8, 4) is 0 Å². The maximum absolute atomic E-state index is 11.4. The highest BCUT2D eigenvalue weighted by Gasteiger charge is 2.37. The van der Waals surface area contributed by atoms with E-state index in [4.69, 9.17) is 5.53 Å². The van der Waals surface area contributed by atoms with Gasteiger partial charge in [-0.05, 0) is 10.9 Å². The Morgan fingerprint density at radius 3 is 2.31 bits per heavy atom. The molecule has 90 valence electrons. The largest absolute Gasteiger partial charge is 0.469 e. The molecule has 0 spiro atoms. The van der Waals surface area contributed by atoms with Gasteiger partial charge in [0.25, 0.3) is 0 Å². The minimum Gasteiger partial charge on any atom is -0.469 e. The fourth-order valence-electron chi connectivity index (χ4n) is 1.23. The van der Waals surface area contributed by atoms with Crippen molar-refractivity contribution in [1.29, 1.82) is 0 Å². The molecule has 0 saturated heterocycles. The van der Waals surface area contributed by atoms with Gasteiger partial charge < -0.3 is 9.47 Å². The van der Waals surface area contributed by atoms with Crippen molar-refractivity contribution in [2.75, 3.05) is 14.2 Å². The lowest BCUT2D eigenvalue weighted by atomic mass is 9.81. The molecule has 0 fully saturated rings. The van der Waals surface area contributed by atoms with E-state index in [2.05, 4.69) is 19.5 Å². The molecule has 0 aromatic rings. The first-order valence-corrected chi connectivity index (χ1v) is 4.58. The Morgan fingerprint density at radius 1 is 1.38 bits per heavy atom. The molecule has 0 aliphatic carbocycles. The highest BCUT2D eigenvalue weighted by atomic mass is 16.5. The Balaban J connectivity index is 4.95. The lowest BCUT2D eigenvalue weighted by Crippen LogP contribution is -2.37. The Hall–Kier alpha value is -1.75. The molecule has 0 bridgehead atoms. The first-order valence-electron chi connectivity index (χ1n) is 4.58. The van der Waals surface area contributed by atoms with Gasteiger partial charge >= 0.3 is 11.9 Å². The van der Waals surface area contributed by atoms with E-state index in [9.17, 15) is 9.59 Å². The molecule has 0 radical (unpaired) electrons. The zero-order chi connectivity index (χ0) is 12.8. The molecule has 7 nitrogen and oxygen atoms in total. The molecule has 0 rings (SSSR count). The van der Waals surface area contributed by atoms with Crippen molar-refractivity contribution in [2.24, 2.45) is 10.5 Å². The number of carbonyl (C=O) groups excluding carboxylic acids is 2. The average Bonchev–Trinajstić information content (AvgIpc) is 2.23. The molecular weight excluding hydrogens is 214 g/mol. The van der Waals surface area contributed by atoms with Gasteiger partial charge in [0, 0.05) is 4.91 Å². The standard InChI is InChI=1S/C9H15N3O4/c1-9(2,5-6(13)15-3)7(11-12-10)8(14)16-4/h7H,5H2,1-4H3. The van der Waals surface area contributed by atoms with E-state index >= 15 is 0 Å². The molecule has 0 aliphatic heterocycles. The van der Waals surface area contributed by atoms with Crippen molar-refractivity contribution in [2.45, 2.75) is 26.3 Å². The van der Waals surface area contributed by atoms with Crippen LogP contribution >= 0.6 is 0 Å². The maximum Gasteiger partial charge on any atom is 0.315 e. The number of rotatable bonds is 5. The van der Waals surface area contributed by atoms with Crippen LogP contribution in [0.4, 0.5) is 0 Å². The lowest BCUT2D eigenvalue weighted by Gasteiger charge is -2.27. The minimum atomic E-state index is -1.05. The molecule has 7 heteroatoms. The number of methoxy groups -OCH3 is 2. The zero-order valence-electron chi connectivity index (χ0n) is 9.76. The summed E-state index contributed by atoms with van der Waals surface area (Å²) in [6.45, 7) is 3.25. The summed E-state index contributed by atoms with van der Waals surface area (Å²) in [5.74, 6) is -1.15. The third kappa shape index (κ3) is 3.78. The zero-order valence-corrected chi connectivity index (χ0v) is 9.76. The summed E-state index contributed by atoms with van der Waals surface area (Å²) in [5.41, 5.74) is 7.52. The molecule has 16 heavy (non-hydrogen) atoms. The number of ether oxygens (including phenoxy) is 2. The van der Waals surface area contributed by atoms with E-state index in [0.29, 0.717) is 0 Å². The van der Waals surface area contributed by atoms with Gasteiger partial charge in [-0.25, -0.2) is 0 Å². The van der Waals surface area contributed by atoms with Crippen LogP contribution in [0.5, 0.6) is 0 Å². The number of hydrogen-bond acceptors (Lipinski definition) is 5. The van der Waals surface area contributed by atoms with Crippen molar-refractivity contribution < 1.29 is 19.1 Å². The SMILES string of the molecule is COC(=O)CC(C)(C)C(N=[N+]=[N-])C(=O)OC. The second kappa shape index (κ2) is 5.97. The van der Waals surface area contributed by atoms with Crippen LogP contribution in [-0.2, 0) is 19.1 Å². The summed E-state index contributed by atoms with van der Waals surface area (Å²) in [7, 11) is 2.44. The van der Waals surface area contributed by atoms with Crippen molar-refractivity contribution >= 4 is 11.9 Å². The van der Waals surface area contributed by atoms with Gasteiger partial charge in [0.2, 0.25) is 0 Å². The molecule has 0 heterocycles. The normalized spacial score (nSPS) is 12.2. The monoisotopic (exact) mass is 229 g/mol. The molecule has 1 unspecified atom stereocenters. The summed E-state index contributed by atoms with van der Waals surface area (Å²) in [4.78, 5) is 25.1. The number of hydrogen-bond donors (Lipinski definition) is 0. The summed E-state index contributed by atoms with van der Waals surface area (Å²) in [6, 6.07) is -1.05. The number of nitrogens with zero attached hydrogens (tertiary/aromatic N) is 3. The van der Waals surface area contributed by atoms with Gasteiger partial charge in [0.05, 0.1) is 20.6 Å². The second-order valence-corrected chi connectivity index (χ2v) is 3.87. The fourth-order valence-corrected chi connectivity index (χ4v) is 1.23. The first kappa shape index (κ1) is 14.2. The Bertz CT molecular complexity index is 321. The predicted octanol–water partition coefficient (Wildman–Crippen LogP) is 1.43. The van der Waals surface area contributed by atoms with E-state index in [1.165, 1.54) is 14.2 Å². The van der Waals surface area contributed by atoms with Crippen molar-refractivity contribution in [3.05, 3.63) is 10.4 Å². The quantitative estimate of drug-likeness (QED) is 0.308. The van der Waals surface area contributed by atoms with Gasteiger partial charge in [-0.3, -0.25) is 9.59 Å². The van der Waals surface area contributed by atoms with E-state index in [0.717, 1.165) is 0 Å². The van der Waals surface area contributed by atoms with Gasteiger partial charge in [-0.2, -0.15) is 0 Å². The Kier molecular flexibility index (Phi) is 5.32. The van der Waals surface area contributed by atoms with E-state index in [1.54, 1.807) is 13.8 Å². The maximum atomic E-state index is 11.4. The molecule has 0 N–H and O–H groups in total. The first-order chi connectivity index (χ1) is 7.38. The summed E-state index contributed by atoms with van der Waals surface area (Å²) in [6.07, 6.45) is -0.0394. The van der Waals surface area contributed by atoms with Crippen LogP contribution in [0.3, 0.4) is 0 Å². The highest BCUT2D eigenvalue weighted by molar-refractivity contribution is 5.79. The summed E-state index contributed by atoms with van der Waals surface area (Å²) in [5, 5.41) is 3.35. The predicted molar refractivity (Wildman–Crippen MR) is 55.4 cm³/mol. The minimum absolute atomic E-state index is 0.0394. The van der Waals surface area contributed by atoms with E-state index < -0.39 is 23.4 Å². The molecule has 0 aliphatic rings. The Morgan fingerprint density at radius 2 is 1.94 bits per heavy atom. The molecule has 0 aromatic heterocycles. The summed E-state index contributed by atoms with van der Waals surface area (Å²) < 4.78 is 9.01. The van der Waals surface area contributed by atoms with Gasteiger partial charge in [0.15, 0.2) is 0 Å². The smallest absolute Gasteiger partial charge is 0.315 e. The Labute approximate surface area is 93.3 Å². The van der Waals surface area contributed by atoms with Crippen molar-refractivity contribution in [3.63, 3.8) is 0 Å². The second-order valence-electron chi connectivity index (χ2n) is 3.87. The fraction of sp³-hybridized carbons (Fsp3) is 0.778. The van der Waals surface area contributed by atoms with Gasteiger partial charge in [0.1, 0.15) is 6.04 Å². The van der Waals surface area contributed by atoms with Gasteiger partial charge in [-0.15, -0.1) is 0 Å². The lowest BCUT2D eigenvalue weighted by molar-refractivity contribution is -0.148. The van der Waals surface area contributed by atoms with Crippen LogP contribution in [-0.4, -0.2) is 32.2 Å². The third-order valence-electron chi connectivity index (χ3n) is 2.16. The molecule has 0 aromatic carbocycles. The average molecular weight is 229 g/mol. The third-order valence-corrected chi connectivity index (χ3v) is 2.16. The van der Waals surface area contributed by atoms with Crippen LogP contribution in [0.1, 0.15) is 20.3 Å². The van der Waals surface area contributed by atoms with Crippen LogP contribution in [0, 0.1) is 5.41 Å². The van der Waals surface area contributed by atoms with E-state index in [1.807, 2.05) is 0 Å². The number of azide groups is 1. The summed E-state index contributed by atoms with van der Waals surface area (Å²) >= 11 is 0. The van der Waals surface area contributed by atoms with E-state index in [-0.39, 0.29) is 6.42 Å². The molecular formula is C9H15N3O4. The molecule has 0 saturated carbocycles. The van der Waals surface area contributed by atoms with Gasteiger partial charge in [-0.1, -0.05) is 19.0 Å². The molecule has 1 atom stereocenters. The van der Waals surface area contributed by atoms with Crippen LogP contribution in [0.2, 0.25) is 0 Å². The number of esters is 2.